The minimum atomic E-state index is -0.972. The number of methoxy groups -OCH3 is 1. The van der Waals surface area contributed by atoms with E-state index in [0.717, 1.165) is 24.0 Å². The number of carbonyl (C=O) groups is 3. The van der Waals surface area contributed by atoms with Gasteiger partial charge in [0.1, 0.15) is 5.75 Å². The Morgan fingerprint density at radius 2 is 1.74 bits per heavy atom. The first-order valence-electron chi connectivity index (χ1n) is 11.4. The van der Waals surface area contributed by atoms with Gasteiger partial charge in [0.2, 0.25) is 5.91 Å². The molecule has 3 amide bonds. The van der Waals surface area contributed by atoms with Crippen LogP contribution < -0.4 is 15.4 Å². The molecule has 0 bridgehead atoms. The van der Waals surface area contributed by atoms with Crippen molar-refractivity contribution >= 4 is 29.3 Å². The van der Waals surface area contributed by atoms with Crippen molar-refractivity contribution in [2.75, 3.05) is 24.3 Å². The SMILES string of the molecule is COc1cc(CC(=O)N2CCCC2c2ccc(C(=O)O)cc2)ccc1NC(=O)Nc1ccccc1. The van der Waals surface area contributed by atoms with Gasteiger partial charge in [-0.2, -0.15) is 0 Å². The van der Waals surface area contributed by atoms with Crippen LogP contribution in [0, 0.1) is 0 Å². The van der Waals surface area contributed by atoms with Gasteiger partial charge in [-0.25, -0.2) is 9.59 Å². The second kappa shape index (κ2) is 10.7. The second-order valence-corrected chi connectivity index (χ2v) is 8.33. The van der Waals surface area contributed by atoms with Crippen LogP contribution in [-0.2, 0) is 11.2 Å². The van der Waals surface area contributed by atoms with E-state index in [1.807, 2.05) is 23.1 Å². The van der Waals surface area contributed by atoms with Gasteiger partial charge >= 0.3 is 12.0 Å². The summed E-state index contributed by atoms with van der Waals surface area (Å²) >= 11 is 0. The van der Waals surface area contributed by atoms with E-state index in [0.29, 0.717) is 23.7 Å². The number of nitrogens with zero attached hydrogens (tertiary/aromatic N) is 1. The van der Waals surface area contributed by atoms with Crippen LogP contribution >= 0.6 is 0 Å². The lowest BCUT2D eigenvalue weighted by Crippen LogP contribution is -2.31. The smallest absolute Gasteiger partial charge is 0.335 e. The predicted octanol–water partition coefficient (Wildman–Crippen LogP) is 4.94. The lowest BCUT2D eigenvalue weighted by molar-refractivity contribution is -0.131. The van der Waals surface area contributed by atoms with E-state index in [-0.39, 0.29) is 23.9 Å². The molecule has 3 N–H and O–H groups in total. The fourth-order valence-corrected chi connectivity index (χ4v) is 4.29. The third-order valence-electron chi connectivity index (χ3n) is 6.02. The number of nitrogens with one attached hydrogen (secondary N) is 2. The van der Waals surface area contributed by atoms with Gasteiger partial charge in [-0.1, -0.05) is 36.4 Å². The fourth-order valence-electron chi connectivity index (χ4n) is 4.29. The maximum atomic E-state index is 13.2. The maximum absolute atomic E-state index is 13.2. The Labute approximate surface area is 203 Å². The number of aromatic carboxylic acids is 1. The number of benzene rings is 3. The molecular formula is C27H27N3O5. The highest BCUT2D eigenvalue weighted by Crippen LogP contribution is 2.33. The van der Waals surface area contributed by atoms with E-state index in [1.165, 1.54) is 7.11 Å². The molecule has 8 nitrogen and oxygen atoms in total. The highest BCUT2D eigenvalue weighted by molar-refractivity contribution is 6.00. The monoisotopic (exact) mass is 473 g/mol. The van der Waals surface area contributed by atoms with Crippen LogP contribution in [0.25, 0.3) is 0 Å². The molecule has 3 aromatic rings. The summed E-state index contributed by atoms with van der Waals surface area (Å²) in [5.41, 5.74) is 3.09. The number of carbonyl (C=O) groups excluding carboxylic acids is 2. The van der Waals surface area contributed by atoms with E-state index < -0.39 is 12.0 Å². The summed E-state index contributed by atoms with van der Waals surface area (Å²) in [6, 6.07) is 20.6. The second-order valence-electron chi connectivity index (χ2n) is 8.33. The topological polar surface area (TPSA) is 108 Å². The molecule has 1 atom stereocenters. The number of urea groups is 1. The molecule has 1 unspecified atom stereocenters. The predicted molar refractivity (Wildman–Crippen MR) is 133 cm³/mol. The van der Waals surface area contributed by atoms with E-state index in [4.69, 9.17) is 9.84 Å². The van der Waals surface area contributed by atoms with E-state index >= 15 is 0 Å². The summed E-state index contributed by atoms with van der Waals surface area (Å²) in [7, 11) is 1.51. The Bertz CT molecular complexity index is 1210. The van der Waals surface area contributed by atoms with Gasteiger partial charge in [-0.3, -0.25) is 4.79 Å². The lowest BCUT2D eigenvalue weighted by Gasteiger charge is -2.25. The third-order valence-corrected chi connectivity index (χ3v) is 6.02. The Balaban J connectivity index is 1.42. The van der Waals surface area contributed by atoms with Crippen molar-refractivity contribution < 1.29 is 24.2 Å². The zero-order valence-electron chi connectivity index (χ0n) is 19.4. The number of para-hydroxylation sites is 1. The number of anilines is 2. The quantitative estimate of drug-likeness (QED) is 0.450. The molecule has 1 aliphatic rings. The number of rotatable bonds is 7. The van der Waals surface area contributed by atoms with Crippen molar-refractivity contribution in [3.63, 3.8) is 0 Å². The molecule has 8 heteroatoms. The van der Waals surface area contributed by atoms with Crippen molar-refractivity contribution in [1.29, 1.82) is 0 Å². The summed E-state index contributed by atoms with van der Waals surface area (Å²) in [5, 5.41) is 14.7. The zero-order chi connectivity index (χ0) is 24.8. The molecule has 4 rings (SSSR count). The fraction of sp³-hybridized carbons (Fsp3) is 0.222. The minimum Gasteiger partial charge on any atom is -0.495 e. The average molecular weight is 474 g/mol. The number of carboxylic acids is 1. The molecule has 1 fully saturated rings. The normalized spacial score (nSPS) is 14.9. The molecule has 0 aromatic heterocycles. The van der Waals surface area contributed by atoms with Crippen LogP contribution in [0.3, 0.4) is 0 Å². The largest absolute Gasteiger partial charge is 0.495 e. The molecule has 35 heavy (non-hydrogen) atoms. The van der Waals surface area contributed by atoms with Crippen LogP contribution in [0.5, 0.6) is 5.75 Å². The molecule has 1 saturated heterocycles. The maximum Gasteiger partial charge on any atom is 0.335 e. The number of ether oxygens (including phenoxy) is 1. The highest BCUT2D eigenvalue weighted by atomic mass is 16.5. The van der Waals surface area contributed by atoms with Gasteiger partial charge in [-0.15, -0.1) is 0 Å². The third kappa shape index (κ3) is 5.78. The van der Waals surface area contributed by atoms with Crippen LogP contribution in [0.15, 0.2) is 72.8 Å². The molecule has 1 aliphatic heterocycles. The van der Waals surface area contributed by atoms with Gasteiger partial charge in [-0.05, 0) is 60.4 Å². The van der Waals surface area contributed by atoms with Gasteiger partial charge < -0.3 is 25.4 Å². The Morgan fingerprint density at radius 3 is 2.43 bits per heavy atom. The molecule has 1 heterocycles. The summed E-state index contributed by atoms with van der Waals surface area (Å²) in [6.45, 7) is 0.653. The number of amides is 3. The molecule has 0 aliphatic carbocycles. The average Bonchev–Trinajstić information content (AvgIpc) is 3.36. The Hall–Kier alpha value is -4.33. The number of hydrogen-bond acceptors (Lipinski definition) is 4. The highest BCUT2D eigenvalue weighted by Gasteiger charge is 2.30. The Morgan fingerprint density at radius 1 is 1.00 bits per heavy atom. The van der Waals surface area contributed by atoms with Crippen LogP contribution in [0.1, 0.15) is 40.4 Å². The van der Waals surface area contributed by atoms with Gasteiger partial charge in [0.25, 0.3) is 0 Å². The summed E-state index contributed by atoms with van der Waals surface area (Å²) < 4.78 is 5.45. The number of likely N-dealkylation sites (tertiary alicyclic amines) is 1. The van der Waals surface area contributed by atoms with Crippen molar-refractivity contribution in [2.45, 2.75) is 25.3 Å². The minimum absolute atomic E-state index is 0.0144. The number of hydrogen-bond donors (Lipinski definition) is 3. The molecule has 180 valence electrons. The number of carboxylic acid groups (broad SMARTS) is 1. The first-order chi connectivity index (χ1) is 16.9. The summed E-state index contributed by atoms with van der Waals surface area (Å²) in [4.78, 5) is 38.5. The van der Waals surface area contributed by atoms with E-state index in [9.17, 15) is 14.4 Å². The van der Waals surface area contributed by atoms with E-state index in [1.54, 1.807) is 54.6 Å². The molecule has 0 radical (unpaired) electrons. The standard InChI is InChI=1S/C27H27N3O5/c1-35-24-16-18(9-14-22(24)29-27(34)28-21-6-3-2-4-7-21)17-25(31)30-15-5-8-23(30)19-10-12-20(13-11-19)26(32)33/h2-4,6-7,9-14,16,23H,5,8,15,17H2,1H3,(H,32,33)(H2,28,29,34). The zero-order valence-corrected chi connectivity index (χ0v) is 19.4. The molecule has 0 spiro atoms. The van der Waals surface area contributed by atoms with Gasteiger partial charge in [0.05, 0.1) is 30.8 Å². The van der Waals surface area contributed by atoms with Crippen LogP contribution in [0.2, 0.25) is 0 Å². The lowest BCUT2D eigenvalue weighted by atomic mass is 10.0. The van der Waals surface area contributed by atoms with Crippen molar-refractivity contribution in [3.05, 3.63) is 89.5 Å². The van der Waals surface area contributed by atoms with Crippen molar-refractivity contribution in [3.8, 4) is 5.75 Å². The van der Waals surface area contributed by atoms with Crippen LogP contribution in [-0.4, -0.2) is 41.6 Å². The molecular weight excluding hydrogens is 446 g/mol. The van der Waals surface area contributed by atoms with Crippen molar-refractivity contribution in [2.24, 2.45) is 0 Å². The first-order valence-corrected chi connectivity index (χ1v) is 11.4. The van der Waals surface area contributed by atoms with Crippen molar-refractivity contribution in [1.82, 2.24) is 4.90 Å². The summed E-state index contributed by atoms with van der Waals surface area (Å²) in [6.07, 6.45) is 1.91. The Kier molecular flexibility index (Phi) is 7.30. The van der Waals surface area contributed by atoms with Gasteiger partial charge in [0.15, 0.2) is 0 Å². The molecule has 3 aromatic carbocycles. The van der Waals surface area contributed by atoms with Crippen LogP contribution in [0.4, 0.5) is 16.2 Å². The van der Waals surface area contributed by atoms with E-state index in [2.05, 4.69) is 10.6 Å². The summed E-state index contributed by atoms with van der Waals surface area (Å²) in [5.74, 6) is -0.527. The van der Waals surface area contributed by atoms with Gasteiger partial charge in [0, 0.05) is 12.2 Å². The molecule has 0 saturated carbocycles. The first kappa shape index (κ1) is 23.8.